The van der Waals surface area contributed by atoms with Gasteiger partial charge in [0.05, 0.1) is 0 Å². The van der Waals surface area contributed by atoms with E-state index >= 15 is 0 Å². The Bertz CT molecular complexity index is 1080. The minimum absolute atomic E-state index is 0.191. The second-order valence-corrected chi connectivity index (χ2v) is 10.3. The van der Waals surface area contributed by atoms with Crippen LogP contribution in [0, 0.1) is 5.92 Å². The number of imide groups is 1. The predicted octanol–water partition coefficient (Wildman–Crippen LogP) is 4.36. The first-order valence-electron chi connectivity index (χ1n) is 11.7. The van der Waals surface area contributed by atoms with Crippen LogP contribution in [0.4, 0.5) is 4.79 Å². The summed E-state index contributed by atoms with van der Waals surface area (Å²) in [6.07, 6.45) is 5.93. The van der Waals surface area contributed by atoms with E-state index in [-0.39, 0.29) is 18.4 Å². The zero-order chi connectivity index (χ0) is 23.0. The van der Waals surface area contributed by atoms with Gasteiger partial charge >= 0.3 is 6.03 Å². The molecule has 4 amide bonds. The molecule has 7 heteroatoms. The number of benzene rings is 2. The van der Waals surface area contributed by atoms with Crippen molar-refractivity contribution in [2.24, 2.45) is 5.92 Å². The monoisotopic (exact) mass is 509 g/mol. The molecule has 0 radical (unpaired) electrons. The minimum Gasteiger partial charge on any atom is -0.337 e. The van der Waals surface area contributed by atoms with Crippen LogP contribution in [0.1, 0.15) is 48.8 Å². The number of amides is 4. The van der Waals surface area contributed by atoms with Crippen molar-refractivity contribution in [3.63, 3.8) is 0 Å². The molecule has 1 spiro atoms. The van der Waals surface area contributed by atoms with Gasteiger partial charge in [0, 0.05) is 17.6 Å². The van der Waals surface area contributed by atoms with Crippen molar-refractivity contribution < 1.29 is 14.4 Å². The van der Waals surface area contributed by atoms with Crippen LogP contribution in [-0.4, -0.2) is 40.7 Å². The Hall–Kier alpha value is -2.67. The average molecular weight is 510 g/mol. The normalized spacial score (nSPS) is 21.8. The summed E-state index contributed by atoms with van der Waals surface area (Å²) in [7, 11) is 0. The highest BCUT2D eigenvalue weighted by Gasteiger charge is 2.55. The fourth-order valence-corrected chi connectivity index (χ4v) is 5.45. The quantitative estimate of drug-likeness (QED) is 0.563. The van der Waals surface area contributed by atoms with Crippen LogP contribution < -0.4 is 5.32 Å². The Kier molecular flexibility index (Phi) is 5.99. The van der Waals surface area contributed by atoms with E-state index < -0.39 is 11.6 Å². The van der Waals surface area contributed by atoms with Gasteiger partial charge in [-0.05, 0) is 54.0 Å². The SMILES string of the molecule is O=C(CN1C(=O)N[C@]2(CCc3ccccc32)C1=O)N(CCC1CCC1)Cc1ccc(Br)cc1. The molecule has 172 valence electrons. The van der Waals surface area contributed by atoms with Gasteiger partial charge in [-0.1, -0.05) is 71.6 Å². The lowest BCUT2D eigenvalue weighted by atomic mass is 9.83. The van der Waals surface area contributed by atoms with Gasteiger partial charge in [0.15, 0.2) is 0 Å². The maximum Gasteiger partial charge on any atom is 0.325 e. The molecule has 33 heavy (non-hydrogen) atoms. The molecule has 1 atom stereocenters. The Morgan fingerprint density at radius 3 is 2.61 bits per heavy atom. The van der Waals surface area contributed by atoms with Crippen LogP contribution >= 0.6 is 15.9 Å². The third kappa shape index (κ3) is 4.19. The van der Waals surface area contributed by atoms with Crippen LogP contribution in [-0.2, 0) is 28.1 Å². The number of aryl methyl sites for hydroxylation is 1. The summed E-state index contributed by atoms with van der Waals surface area (Å²) < 4.78 is 0.986. The predicted molar refractivity (Wildman–Crippen MR) is 128 cm³/mol. The number of rotatable bonds is 7. The van der Waals surface area contributed by atoms with Crippen molar-refractivity contribution in [2.45, 2.75) is 50.6 Å². The van der Waals surface area contributed by atoms with Gasteiger partial charge in [-0.15, -0.1) is 0 Å². The lowest BCUT2D eigenvalue weighted by Gasteiger charge is -2.30. The highest BCUT2D eigenvalue weighted by Crippen LogP contribution is 2.41. The van der Waals surface area contributed by atoms with Gasteiger partial charge in [0.25, 0.3) is 5.91 Å². The molecule has 0 unspecified atom stereocenters. The highest BCUT2D eigenvalue weighted by atomic mass is 79.9. The fraction of sp³-hybridized carbons (Fsp3) is 0.423. The molecule has 1 heterocycles. The van der Waals surface area contributed by atoms with Crippen LogP contribution in [0.15, 0.2) is 53.0 Å². The molecular weight excluding hydrogens is 482 g/mol. The molecule has 2 aromatic rings. The summed E-state index contributed by atoms with van der Waals surface area (Å²) in [5.41, 5.74) is 1.93. The number of nitrogens with one attached hydrogen (secondary N) is 1. The Morgan fingerprint density at radius 2 is 1.88 bits per heavy atom. The van der Waals surface area contributed by atoms with Gasteiger partial charge in [-0.2, -0.15) is 0 Å². The topological polar surface area (TPSA) is 69.7 Å². The molecule has 5 rings (SSSR count). The van der Waals surface area contributed by atoms with Crippen molar-refractivity contribution in [1.82, 2.24) is 15.1 Å². The molecule has 1 saturated carbocycles. The number of carbonyl (C=O) groups is 3. The van der Waals surface area contributed by atoms with E-state index in [0.717, 1.165) is 38.9 Å². The number of carbonyl (C=O) groups excluding carboxylic acids is 3. The molecule has 1 aliphatic heterocycles. The van der Waals surface area contributed by atoms with E-state index in [9.17, 15) is 14.4 Å². The number of hydrogen-bond donors (Lipinski definition) is 1. The second-order valence-electron chi connectivity index (χ2n) is 9.41. The first-order valence-corrected chi connectivity index (χ1v) is 12.5. The molecule has 6 nitrogen and oxygen atoms in total. The summed E-state index contributed by atoms with van der Waals surface area (Å²) in [4.78, 5) is 42.6. The number of urea groups is 1. The van der Waals surface area contributed by atoms with Crippen LogP contribution in [0.3, 0.4) is 0 Å². The van der Waals surface area contributed by atoms with Crippen molar-refractivity contribution in [2.75, 3.05) is 13.1 Å². The molecule has 0 bridgehead atoms. The van der Waals surface area contributed by atoms with Gasteiger partial charge in [0.2, 0.25) is 5.91 Å². The van der Waals surface area contributed by atoms with E-state index in [4.69, 9.17) is 0 Å². The highest BCUT2D eigenvalue weighted by molar-refractivity contribution is 9.10. The number of halogens is 1. The molecular formula is C26H28BrN3O3. The van der Waals surface area contributed by atoms with Crippen LogP contribution in [0.2, 0.25) is 0 Å². The average Bonchev–Trinajstić information content (AvgIpc) is 3.26. The van der Waals surface area contributed by atoms with Gasteiger partial charge in [0.1, 0.15) is 12.1 Å². The van der Waals surface area contributed by atoms with E-state index in [1.54, 1.807) is 4.90 Å². The Balaban J connectivity index is 1.32. The van der Waals surface area contributed by atoms with Gasteiger partial charge in [-0.3, -0.25) is 14.5 Å². The number of hydrogen-bond acceptors (Lipinski definition) is 3. The molecule has 3 aliphatic rings. The third-order valence-corrected chi connectivity index (χ3v) is 7.92. The number of nitrogens with zero attached hydrogens (tertiary/aromatic N) is 2. The molecule has 1 saturated heterocycles. The van der Waals surface area contributed by atoms with Crippen molar-refractivity contribution in [3.05, 3.63) is 69.7 Å². The van der Waals surface area contributed by atoms with Crippen LogP contribution in [0.5, 0.6) is 0 Å². The van der Waals surface area contributed by atoms with E-state index in [1.165, 1.54) is 19.3 Å². The van der Waals surface area contributed by atoms with Crippen LogP contribution in [0.25, 0.3) is 0 Å². The standard InChI is InChI=1S/C26H28BrN3O3/c27-21-10-8-19(9-11-21)16-29(15-13-18-4-3-5-18)23(31)17-30-24(32)26(28-25(30)33)14-12-20-6-1-2-7-22(20)26/h1-2,6-11,18H,3-5,12-17H2,(H,28,33)/t26-/m0/s1. The molecule has 1 N–H and O–H groups in total. The van der Waals surface area contributed by atoms with Crippen molar-refractivity contribution in [3.8, 4) is 0 Å². The fourth-order valence-electron chi connectivity index (χ4n) is 5.19. The molecule has 0 aromatic heterocycles. The maximum atomic E-state index is 13.4. The van der Waals surface area contributed by atoms with E-state index in [2.05, 4.69) is 21.2 Å². The summed E-state index contributed by atoms with van der Waals surface area (Å²) in [5, 5.41) is 2.92. The largest absolute Gasteiger partial charge is 0.337 e. The molecule has 2 aromatic carbocycles. The van der Waals surface area contributed by atoms with Gasteiger partial charge < -0.3 is 10.2 Å². The first-order chi connectivity index (χ1) is 16.0. The third-order valence-electron chi connectivity index (χ3n) is 7.39. The summed E-state index contributed by atoms with van der Waals surface area (Å²) >= 11 is 3.45. The van der Waals surface area contributed by atoms with Crippen molar-refractivity contribution >= 4 is 33.8 Å². The Morgan fingerprint density at radius 1 is 1.12 bits per heavy atom. The Labute approximate surface area is 202 Å². The van der Waals surface area contributed by atoms with E-state index in [0.29, 0.717) is 25.4 Å². The first kappa shape index (κ1) is 22.1. The summed E-state index contributed by atoms with van der Waals surface area (Å²) in [6.45, 7) is 0.878. The maximum absolute atomic E-state index is 13.4. The van der Waals surface area contributed by atoms with E-state index in [1.807, 2.05) is 48.5 Å². The number of fused-ring (bicyclic) bond motifs is 2. The minimum atomic E-state index is -1.03. The lowest BCUT2D eigenvalue weighted by molar-refractivity contribution is -0.139. The molecule has 2 fully saturated rings. The van der Waals surface area contributed by atoms with Crippen molar-refractivity contribution in [1.29, 1.82) is 0 Å². The lowest BCUT2D eigenvalue weighted by Crippen LogP contribution is -2.45. The van der Waals surface area contributed by atoms with Gasteiger partial charge in [-0.25, -0.2) is 4.79 Å². The zero-order valence-corrected chi connectivity index (χ0v) is 20.1. The summed E-state index contributed by atoms with van der Waals surface area (Å²) in [5.74, 6) is 0.164. The molecule has 2 aliphatic carbocycles. The smallest absolute Gasteiger partial charge is 0.325 e. The second kappa shape index (κ2) is 8.93. The zero-order valence-electron chi connectivity index (χ0n) is 18.6. The summed E-state index contributed by atoms with van der Waals surface area (Å²) in [6, 6.07) is 15.2.